The molecule has 0 saturated carbocycles. The lowest BCUT2D eigenvalue weighted by Gasteiger charge is -2.26. The van der Waals surface area contributed by atoms with Crippen LogP contribution in [0.15, 0.2) is 23.4 Å². The highest BCUT2D eigenvalue weighted by molar-refractivity contribution is 7.99. The molecule has 0 aliphatic carbocycles. The van der Waals surface area contributed by atoms with Crippen molar-refractivity contribution >= 4 is 27.5 Å². The molecular weight excluding hydrogens is 282 g/mol. The van der Waals surface area contributed by atoms with Crippen LogP contribution >= 0.6 is 11.8 Å². The lowest BCUT2D eigenvalue weighted by Crippen LogP contribution is -2.38. The quantitative estimate of drug-likeness (QED) is 0.896. The third-order valence-corrected chi connectivity index (χ3v) is 5.69. The molecule has 0 spiro atoms. The van der Waals surface area contributed by atoms with Gasteiger partial charge in [0, 0.05) is 37.3 Å². The molecule has 1 fully saturated rings. The number of nitrogens with one attached hydrogen (secondary N) is 1. The molecule has 2 rings (SSSR count). The first kappa shape index (κ1) is 14.6. The van der Waals surface area contributed by atoms with Crippen LogP contribution < -0.4 is 5.32 Å². The molecule has 106 valence electrons. The highest BCUT2D eigenvalue weighted by Gasteiger charge is 2.29. The fourth-order valence-electron chi connectivity index (χ4n) is 1.90. The van der Waals surface area contributed by atoms with Crippen molar-refractivity contribution < 1.29 is 8.42 Å². The Kier molecular flexibility index (Phi) is 5.06. The van der Waals surface area contributed by atoms with Gasteiger partial charge in [-0.05, 0) is 18.6 Å². The molecule has 0 amide bonds. The average Bonchev–Trinajstić information content (AvgIpc) is 2.46. The van der Waals surface area contributed by atoms with Crippen LogP contribution in [0.1, 0.15) is 13.3 Å². The maximum absolute atomic E-state index is 12.6. The summed E-state index contributed by atoms with van der Waals surface area (Å²) in [6.07, 6.45) is 2.47. The van der Waals surface area contributed by atoms with E-state index in [0.29, 0.717) is 18.8 Å². The molecule has 0 aromatic carbocycles. The van der Waals surface area contributed by atoms with Crippen molar-refractivity contribution in [3.63, 3.8) is 0 Å². The zero-order valence-electron chi connectivity index (χ0n) is 11.0. The molecule has 1 aliphatic rings. The third-order valence-electron chi connectivity index (χ3n) is 2.89. The second-order valence-electron chi connectivity index (χ2n) is 4.30. The van der Waals surface area contributed by atoms with Crippen LogP contribution in [-0.4, -0.2) is 48.8 Å². The molecule has 0 bridgehead atoms. The van der Waals surface area contributed by atoms with Crippen molar-refractivity contribution in [2.75, 3.05) is 36.5 Å². The maximum atomic E-state index is 12.6. The molecular formula is C12H19N3O2S2. The first-order chi connectivity index (χ1) is 9.16. The Morgan fingerprint density at radius 1 is 1.42 bits per heavy atom. The summed E-state index contributed by atoms with van der Waals surface area (Å²) in [6, 6.07) is 3.53. The summed E-state index contributed by atoms with van der Waals surface area (Å²) < 4.78 is 26.7. The van der Waals surface area contributed by atoms with Gasteiger partial charge in [0.05, 0.1) is 5.69 Å². The largest absolute Gasteiger partial charge is 0.383 e. The number of aromatic nitrogens is 1. The van der Waals surface area contributed by atoms with Gasteiger partial charge in [-0.3, -0.25) is 0 Å². The number of hydrogen-bond acceptors (Lipinski definition) is 5. The predicted octanol–water partition coefficient (Wildman–Crippen LogP) is 1.64. The van der Waals surface area contributed by atoms with E-state index < -0.39 is 10.0 Å². The third kappa shape index (κ3) is 3.40. The molecule has 5 nitrogen and oxygen atoms in total. The van der Waals surface area contributed by atoms with Crippen LogP contribution in [0.5, 0.6) is 0 Å². The number of hydrogen-bond donors (Lipinski definition) is 1. The van der Waals surface area contributed by atoms with Gasteiger partial charge in [-0.15, -0.1) is 0 Å². The van der Waals surface area contributed by atoms with Gasteiger partial charge in [-0.25, -0.2) is 13.4 Å². The Morgan fingerprint density at radius 2 is 2.16 bits per heavy atom. The van der Waals surface area contributed by atoms with E-state index in [1.165, 1.54) is 10.5 Å². The van der Waals surface area contributed by atoms with Crippen molar-refractivity contribution in [1.82, 2.24) is 9.29 Å². The number of anilines is 1. The average molecular weight is 301 g/mol. The molecule has 19 heavy (non-hydrogen) atoms. The molecule has 0 unspecified atom stereocenters. The summed E-state index contributed by atoms with van der Waals surface area (Å²) in [7, 11) is -3.48. The van der Waals surface area contributed by atoms with Gasteiger partial charge in [-0.2, -0.15) is 16.1 Å². The van der Waals surface area contributed by atoms with Gasteiger partial charge in [-0.1, -0.05) is 6.92 Å². The molecule has 1 saturated heterocycles. The van der Waals surface area contributed by atoms with Gasteiger partial charge in [0.2, 0.25) is 0 Å². The Balaban J connectivity index is 2.28. The Bertz CT molecular complexity index is 513. The van der Waals surface area contributed by atoms with Crippen LogP contribution in [-0.2, 0) is 10.0 Å². The molecule has 1 aromatic heterocycles. The van der Waals surface area contributed by atoms with Gasteiger partial charge in [0.25, 0.3) is 10.0 Å². The van der Waals surface area contributed by atoms with Crippen LogP contribution in [0.4, 0.5) is 5.69 Å². The van der Waals surface area contributed by atoms with Gasteiger partial charge in [0.1, 0.15) is 0 Å². The summed E-state index contributed by atoms with van der Waals surface area (Å²) in [5.74, 6) is 1.70. The lowest BCUT2D eigenvalue weighted by molar-refractivity contribution is 0.441. The second-order valence-corrected chi connectivity index (χ2v) is 7.38. The number of nitrogens with zero attached hydrogens (tertiary/aromatic N) is 2. The maximum Gasteiger partial charge on any atom is 0.262 e. The van der Waals surface area contributed by atoms with Crippen LogP contribution in [0.3, 0.4) is 0 Å². The van der Waals surface area contributed by atoms with Crippen molar-refractivity contribution in [2.24, 2.45) is 0 Å². The number of pyridine rings is 1. The van der Waals surface area contributed by atoms with E-state index in [4.69, 9.17) is 0 Å². The van der Waals surface area contributed by atoms with E-state index in [0.717, 1.165) is 24.5 Å². The first-order valence-electron chi connectivity index (χ1n) is 6.43. The van der Waals surface area contributed by atoms with Gasteiger partial charge in [0.15, 0.2) is 5.03 Å². The normalized spacial score (nSPS) is 17.3. The highest BCUT2D eigenvalue weighted by atomic mass is 32.2. The molecule has 0 atom stereocenters. The van der Waals surface area contributed by atoms with E-state index >= 15 is 0 Å². The summed E-state index contributed by atoms with van der Waals surface area (Å²) in [4.78, 5) is 4.08. The zero-order valence-corrected chi connectivity index (χ0v) is 12.6. The number of sulfonamides is 1. The van der Waals surface area contributed by atoms with Crippen LogP contribution in [0, 0.1) is 0 Å². The monoisotopic (exact) mass is 301 g/mol. The lowest BCUT2D eigenvalue weighted by atomic mass is 10.4. The molecule has 1 aliphatic heterocycles. The van der Waals surface area contributed by atoms with Crippen molar-refractivity contribution in [3.8, 4) is 0 Å². The van der Waals surface area contributed by atoms with E-state index in [-0.39, 0.29) is 5.03 Å². The van der Waals surface area contributed by atoms with Crippen LogP contribution in [0.2, 0.25) is 0 Å². The highest BCUT2D eigenvalue weighted by Crippen LogP contribution is 2.24. The fraction of sp³-hybridized carbons (Fsp3) is 0.583. The SMILES string of the molecule is CCCNc1cccnc1S(=O)(=O)N1CCSCC1. The molecule has 7 heteroatoms. The van der Waals surface area contributed by atoms with Crippen LogP contribution in [0.25, 0.3) is 0 Å². The Morgan fingerprint density at radius 3 is 2.84 bits per heavy atom. The van der Waals surface area contributed by atoms with Gasteiger partial charge >= 0.3 is 0 Å². The van der Waals surface area contributed by atoms with E-state index in [1.54, 1.807) is 23.9 Å². The van der Waals surface area contributed by atoms with Crippen molar-refractivity contribution in [1.29, 1.82) is 0 Å². The minimum Gasteiger partial charge on any atom is -0.383 e. The predicted molar refractivity (Wildman–Crippen MR) is 79.1 cm³/mol. The Hall–Kier alpha value is -0.790. The summed E-state index contributed by atoms with van der Waals surface area (Å²) in [6.45, 7) is 3.91. The zero-order chi connectivity index (χ0) is 13.7. The molecule has 1 aromatic rings. The molecule has 0 radical (unpaired) electrons. The van der Waals surface area contributed by atoms with E-state index in [2.05, 4.69) is 10.3 Å². The second kappa shape index (κ2) is 6.58. The Labute approximate surface area is 118 Å². The van der Waals surface area contributed by atoms with E-state index in [9.17, 15) is 8.42 Å². The molecule has 1 N–H and O–H groups in total. The summed E-state index contributed by atoms with van der Waals surface area (Å²) in [5.41, 5.74) is 0.600. The minimum atomic E-state index is -3.48. The smallest absolute Gasteiger partial charge is 0.262 e. The fourth-order valence-corrected chi connectivity index (χ4v) is 4.55. The summed E-state index contributed by atoms with van der Waals surface area (Å²) in [5, 5.41) is 3.28. The van der Waals surface area contributed by atoms with Crippen molar-refractivity contribution in [3.05, 3.63) is 18.3 Å². The summed E-state index contributed by atoms with van der Waals surface area (Å²) >= 11 is 1.79. The molecule has 2 heterocycles. The van der Waals surface area contributed by atoms with E-state index in [1.807, 2.05) is 6.92 Å². The number of thioether (sulfide) groups is 1. The van der Waals surface area contributed by atoms with Gasteiger partial charge < -0.3 is 5.32 Å². The topological polar surface area (TPSA) is 62.3 Å². The minimum absolute atomic E-state index is 0.148. The standard InChI is InChI=1S/C12H19N3O2S2/c1-2-5-13-11-4-3-6-14-12(11)19(16,17)15-7-9-18-10-8-15/h3-4,6,13H,2,5,7-10H2,1H3. The number of rotatable bonds is 5. The van der Waals surface area contributed by atoms with Crippen molar-refractivity contribution in [2.45, 2.75) is 18.4 Å². The first-order valence-corrected chi connectivity index (χ1v) is 9.02.